The van der Waals surface area contributed by atoms with Gasteiger partial charge in [-0.25, -0.2) is 0 Å². The molecule has 0 saturated heterocycles. The van der Waals surface area contributed by atoms with Crippen LogP contribution in [0.4, 0.5) is 0 Å². The van der Waals surface area contributed by atoms with Crippen molar-refractivity contribution in [1.82, 2.24) is 4.90 Å². The van der Waals surface area contributed by atoms with Gasteiger partial charge in [0.2, 0.25) is 0 Å². The van der Waals surface area contributed by atoms with Gasteiger partial charge in [0, 0.05) is 12.1 Å². The number of ether oxygens (including phenoxy) is 1. The summed E-state index contributed by atoms with van der Waals surface area (Å²) in [4.78, 5) is 2.31. The number of aryl methyl sites for hydroxylation is 1. The van der Waals surface area contributed by atoms with Crippen LogP contribution in [0.25, 0.3) is 0 Å². The van der Waals surface area contributed by atoms with Crippen molar-refractivity contribution in [3.63, 3.8) is 0 Å². The van der Waals surface area contributed by atoms with E-state index in [0.29, 0.717) is 12.3 Å². The first-order chi connectivity index (χ1) is 9.12. The first-order valence-electron chi connectivity index (χ1n) is 6.77. The molecule has 0 aliphatic carbocycles. The van der Waals surface area contributed by atoms with E-state index in [0.717, 1.165) is 36.5 Å². The fourth-order valence-electron chi connectivity index (χ4n) is 1.93. The van der Waals surface area contributed by atoms with E-state index in [2.05, 4.69) is 23.9 Å². The number of rotatable bonds is 7. The standard InChI is InChI=1S/C15H24N2O2/c1-5-17(6-2)9-10-19-15-8-7-12(3)11-14(15)13(4)16-18/h7-8,11,18H,5-6,9-10H2,1-4H3/b16-13+. The highest BCUT2D eigenvalue weighted by molar-refractivity contribution is 6.00. The third-order valence-corrected chi connectivity index (χ3v) is 3.23. The summed E-state index contributed by atoms with van der Waals surface area (Å²) in [7, 11) is 0. The minimum absolute atomic E-state index is 0.571. The summed E-state index contributed by atoms with van der Waals surface area (Å²) in [6.45, 7) is 11.6. The molecule has 1 aromatic carbocycles. The summed E-state index contributed by atoms with van der Waals surface area (Å²) < 4.78 is 5.82. The van der Waals surface area contributed by atoms with Gasteiger partial charge in [0.15, 0.2) is 0 Å². The van der Waals surface area contributed by atoms with E-state index in [1.165, 1.54) is 0 Å². The molecular formula is C15H24N2O2. The highest BCUT2D eigenvalue weighted by atomic mass is 16.5. The topological polar surface area (TPSA) is 45.1 Å². The average Bonchev–Trinajstić information content (AvgIpc) is 2.44. The van der Waals surface area contributed by atoms with Gasteiger partial charge in [-0.3, -0.25) is 0 Å². The summed E-state index contributed by atoms with van der Waals surface area (Å²) >= 11 is 0. The van der Waals surface area contributed by atoms with Crippen LogP contribution >= 0.6 is 0 Å². The maximum atomic E-state index is 8.92. The zero-order valence-corrected chi connectivity index (χ0v) is 12.3. The molecule has 106 valence electrons. The van der Waals surface area contributed by atoms with Gasteiger partial charge in [0.05, 0.1) is 5.71 Å². The zero-order chi connectivity index (χ0) is 14.3. The summed E-state index contributed by atoms with van der Waals surface area (Å²) in [6, 6.07) is 5.91. The monoisotopic (exact) mass is 264 g/mol. The van der Waals surface area contributed by atoms with E-state index in [-0.39, 0.29) is 0 Å². The van der Waals surface area contributed by atoms with Crippen molar-refractivity contribution in [2.24, 2.45) is 5.16 Å². The fraction of sp³-hybridized carbons (Fsp3) is 0.533. The Balaban J connectivity index is 2.73. The zero-order valence-electron chi connectivity index (χ0n) is 12.3. The van der Waals surface area contributed by atoms with Crippen molar-refractivity contribution in [2.45, 2.75) is 27.7 Å². The van der Waals surface area contributed by atoms with Crippen LogP contribution in [0.5, 0.6) is 5.75 Å². The molecule has 1 rings (SSSR count). The Morgan fingerprint density at radius 1 is 1.32 bits per heavy atom. The van der Waals surface area contributed by atoms with Crippen molar-refractivity contribution in [3.05, 3.63) is 29.3 Å². The molecule has 0 aliphatic rings. The van der Waals surface area contributed by atoms with Gasteiger partial charge in [-0.1, -0.05) is 30.6 Å². The average molecular weight is 264 g/mol. The molecule has 4 nitrogen and oxygen atoms in total. The molecule has 0 aromatic heterocycles. The first-order valence-corrected chi connectivity index (χ1v) is 6.77. The number of likely N-dealkylation sites (N-methyl/N-ethyl adjacent to an activating group) is 1. The summed E-state index contributed by atoms with van der Waals surface area (Å²) in [5.41, 5.74) is 2.54. The second kappa shape index (κ2) is 7.79. The largest absolute Gasteiger partial charge is 0.492 e. The number of hydrogen-bond acceptors (Lipinski definition) is 4. The second-order valence-corrected chi connectivity index (χ2v) is 4.56. The highest BCUT2D eigenvalue weighted by Crippen LogP contribution is 2.21. The lowest BCUT2D eigenvalue weighted by atomic mass is 10.1. The Bertz CT molecular complexity index is 426. The Kier molecular flexibility index (Phi) is 6.36. The summed E-state index contributed by atoms with van der Waals surface area (Å²) in [5, 5.41) is 12.2. The molecule has 0 atom stereocenters. The van der Waals surface area contributed by atoms with Gasteiger partial charge < -0.3 is 14.8 Å². The maximum Gasteiger partial charge on any atom is 0.128 e. The molecule has 1 aromatic rings. The van der Waals surface area contributed by atoms with Crippen LogP contribution in [0.3, 0.4) is 0 Å². The van der Waals surface area contributed by atoms with E-state index in [1.807, 2.05) is 25.1 Å². The molecule has 4 heteroatoms. The van der Waals surface area contributed by atoms with Crippen LogP contribution in [0.2, 0.25) is 0 Å². The molecule has 0 saturated carbocycles. The quantitative estimate of drug-likeness (QED) is 0.468. The Morgan fingerprint density at radius 3 is 2.58 bits per heavy atom. The van der Waals surface area contributed by atoms with Crippen LogP contribution in [-0.4, -0.2) is 42.1 Å². The number of nitrogens with zero attached hydrogens (tertiary/aromatic N) is 2. The van der Waals surface area contributed by atoms with E-state index in [1.54, 1.807) is 6.92 Å². The molecule has 0 bridgehead atoms. The predicted octanol–water partition coefficient (Wildman–Crippen LogP) is 2.91. The highest BCUT2D eigenvalue weighted by Gasteiger charge is 2.08. The van der Waals surface area contributed by atoms with Gasteiger partial charge in [0.1, 0.15) is 12.4 Å². The Morgan fingerprint density at radius 2 is 2.00 bits per heavy atom. The minimum atomic E-state index is 0.571. The lowest BCUT2D eigenvalue weighted by molar-refractivity contribution is 0.222. The minimum Gasteiger partial charge on any atom is -0.492 e. The van der Waals surface area contributed by atoms with Gasteiger partial charge in [-0.2, -0.15) is 0 Å². The van der Waals surface area contributed by atoms with E-state index >= 15 is 0 Å². The fourth-order valence-corrected chi connectivity index (χ4v) is 1.93. The Hall–Kier alpha value is -1.55. The molecule has 0 heterocycles. The normalized spacial score (nSPS) is 11.9. The molecule has 0 spiro atoms. The first kappa shape index (κ1) is 15.5. The van der Waals surface area contributed by atoms with Crippen LogP contribution in [0.15, 0.2) is 23.4 Å². The second-order valence-electron chi connectivity index (χ2n) is 4.56. The number of hydrogen-bond donors (Lipinski definition) is 1. The van der Waals surface area contributed by atoms with Crippen LogP contribution in [-0.2, 0) is 0 Å². The van der Waals surface area contributed by atoms with Crippen molar-refractivity contribution >= 4 is 5.71 Å². The molecule has 0 amide bonds. The molecular weight excluding hydrogens is 240 g/mol. The lowest BCUT2D eigenvalue weighted by Crippen LogP contribution is -2.28. The molecule has 0 fully saturated rings. The summed E-state index contributed by atoms with van der Waals surface area (Å²) in [5.74, 6) is 0.771. The van der Waals surface area contributed by atoms with E-state index in [9.17, 15) is 0 Å². The third-order valence-electron chi connectivity index (χ3n) is 3.23. The third kappa shape index (κ3) is 4.56. The number of benzene rings is 1. The van der Waals surface area contributed by atoms with Crippen LogP contribution in [0, 0.1) is 6.92 Å². The molecule has 1 N–H and O–H groups in total. The molecule has 0 radical (unpaired) electrons. The van der Waals surface area contributed by atoms with Gasteiger partial charge in [-0.05, 0) is 39.1 Å². The van der Waals surface area contributed by atoms with E-state index in [4.69, 9.17) is 9.94 Å². The molecule has 19 heavy (non-hydrogen) atoms. The van der Waals surface area contributed by atoms with Gasteiger partial charge >= 0.3 is 0 Å². The maximum absolute atomic E-state index is 8.92. The van der Waals surface area contributed by atoms with Crippen molar-refractivity contribution in [2.75, 3.05) is 26.2 Å². The summed E-state index contributed by atoms with van der Waals surface area (Å²) in [6.07, 6.45) is 0. The molecule has 0 unspecified atom stereocenters. The predicted molar refractivity (Wildman–Crippen MR) is 78.5 cm³/mol. The lowest BCUT2D eigenvalue weighted by Gasteiger charge is -2.19. The molecule has 0 aliphatic heterocycles. The van der Waals surface area contributed by atoms with Gasteiger partial charge in [0.25, 0.3) is 0 Å². The SMILES string of the molecule is CCN(CC)CCOc1ccc(C)cc1/C(C)=N/O. The van der Waals surface area contributed by atoms with Crippen LogP contribution < -0.4 is 4.74 Å². The number of oxime groups is 1. The van der Waals surface area contributed by atoms with Crippen molar-refractivity contribution < 1.29 is 9.94 Å². The van der Waals surface area contributed by atoms with Crippen molar-refractivity contribution in [3.8, 4) is 5.75 Å². The smallest absolute Gasteiger partial charge is 0.128 e. The van der Waals surface area contributed by atoms with Crippen LogP contribution in [0.1, 0.15) is 31.9 Å². The Labute approximate surface area is 115 Å². The van der Waals surface area contributed by atoms with Crippen molar-refractivity contribution in [1.29, 1.82) is 0 Å². The van der Waals surface area contributed by atoms with Gasteiger partial charge in [-0.15, -0.1) is 0 Å². The van der Waals surface area contributed by atoms with E-state index < -0.39 is 0 Å².